The highest BCUT2D eigenvalue weighted by atomic mass is 16.5. The van der Waals surface area contributed by atoms with Crippen molar-refractivity contribution in [3.8, 4) is 11.5 Å². The van der Waals surface area contributed by atoms with Crippen LogP contribution in [0.3, 0.4) is 0 Å². The van der Waals surface area contributed by atoms with Crippen molar-refractivity contribution in [2.24, 2.45) is 11.8 Å². The van der Waals surface area contributed by atoms with Crippen LogP contribution in [0.4, 0.5) is 5.82 Å². The van der Waals surface area contributed by atoms with Crippen LogP contribution in [-0.2, 0) is 6.42 Å². The topological polar surface area (TPSA) is 96.8 Å². The second-order valence-corrected chi connectivity index (χ2v) is 8.70. The highest BCUT2D eigenvalue weighted by Crippen LogP contribution is 2.41. The summed E-state index contributed by atoms with van der Waals surface area (Å²) in [6, 6.07) is 7.55. The summed E-state index contributed by atoms with van der Waals surface area (Å²) in [6.45, 7) is 4.11. The third-order valence-corrected chi connectivity index (χ3v) is 6.70. The number of aromatic nitrogens is 2. The maximum atomic E-state index is 12.3. The molecule has 0 radical (unpaired) electrons. The molecule has 1 aliphatic carbocycles. The van der Waals surface area contributed by atoms with Gasteiger partial charge in [-0.05, 0) is 50.2 Å². The number of carbonyl (C=O) groups is 1. The van der Waals surface area contributed by atoms with E-state index in [1.54, 1.807) is 7.11 Å². The highest BCUT2D eigenvalue weighted by Gasteiger charge is 2.44. The van der Waals surface area contributed by atoms with E-state index in [-0.39, 0.29) is 12.0 Å². The first kappa shape index (κ1) is 20.1. The van der Waals surface area contributed by atoms with E-state index >= 15 is 0 Å². The molecule has 1 aromatic heterocycles. The third kappa shape index (κ3) is 3.69. The van der Waals surface area contributed by atoms with Crippen LogP contribution in [0.25, 0.3) is 0 Å². The van der Waals surface area contributed by atoms with Gasteiger partial charge in [-0.1, -0.05) is 12.1 Å². The minimum atomic E-state index is -0.530. The Morgan fingerprint density at radius 3 is 2.65 bits per heavy atom. The summed E-state index contributed by atoms with van der Waals surface area (Å²) in [4.78, 5) is 23.7. The first-order valence-electron chi connectivity index (χ1n) is 10.9. The van der Waals surface area contributed by atoms with Crippen LogP contribution in [0.2, 0.25) is 0 Å². The van der Waals surface area contributed by atoms with Gasteiger partial charge in [0.1, 0.15) is 23.4 Å². The minimum Gasteiger partial charge on any atom is -0.493 e. The molecule has 1 saturated carbocycles. The summed E-state index contributed by atoms with van der Waals surface area (Å²) in [5, 5.41) is 13.7. The van der Waals surface area contributed by atoms with Gasteiger partial charge in [0.25, 0.3) is 5.91 Å². The monoisotopic (exact) mass is 424 g/mol. The van der Waals surface area contributed by atoms with Crippen molar-refractivity contribution < 1.29 is 19.4 Å². The first-order valence-corrected chi connectivity index (χ1v) is 10.9. The van der Waals surface area contributed by atoms with Crippen molar-refractivity contribution >= 4 is 11.7 Å². The van der Waals surface area contributed by atoms with Gasteiger partial charge in [-0.25, -0.2) is 9.97 Å². The van der Waals surface area contributed by atoms with Crippen molar-refractivity contribution in [2.75, 3.05) is 31.6 Å². The van der Waals surface area contributed by atoms with Crippen LogP contribution in [0.5, 0.6) is 11.5 Å². The zero-order chi connectivity index (χ0) is 21.5. The average Bonchev–Trinajstić information content (AvgIpc) is 3.17. The van der Waals surface area contributed by atoms with Crippen molar-refractivity contribution in [1.82, 2.24) is 15.3 Å². The summed E-state index contributed by atoms with van der Waals surface area (Å²) in [7, 11) is 1.62. The predicted octanol–water partition coefficient (Wildman–Crippen LogP) is 1.73. The number of para-hydroxylation sites is 2. The molecule has 2 aromatic rings. The van der Waals surface area contributed by atoms with Gasteiger partial charge >= 0.3 is 0 Å². The van der Waals surface area contributed by atoms with E-state index in [4.69, 9.17) is 14.5 Å². The molecule has 2 aliphatic heterocycles. The molecule has 5 rings (SSSR count). The van der Waals surface area contributed by atoms with Crippen LogP contribution in [0.15, 0.2) is 24.3 Å². The molecule has 2 fully saturated rings. The Hall–Kier alpha value is -2.87. The lowest BCUT2D eigenvalue weighted by Gasteiger charge is -2.35. The van der Waals surface area contributed by atoms with Crippen LogP contribution in [0.1, 0.15) is 34.7 Å². The molecule has 0 bridgehead atoms. The molecule has 3 aliphatic rings. The number of aliphatic hydroxyl groups is 1. The Balaban J connectivity index is 1.35. The molecule has 1 saturated heterocycles. The van der Waals surface area contributed by atoms with Gasteiger partial charge in [0.05, 0.1) is 13.2 Å². The van der Waals surface area contributed by atoms with Crippen molar-refractivity contribution in [3.05, 3.63) is 41.3 Å². The lowest BCUT2D eigenvalue weighted by atomic mass is 9.78. The van der Waals surface area contributed by atoms with Gasteiger partial charge in [0.15, 0.2) is 11.5 Å². The standard InChI is InChI=1S/C23H28N4O4/c1-13-25-21-16(7-8-24-23(21)29)22(26-13)27-11-14-9-17(28)20(10-15(14)12-27)31-19-6-4-3-5-18(19)30-2/h3-6,14-15,17,20,28H,7-12H2,1-2H3,(H,24,29)/t14-,15+,17+,20+/m0/s1. The summed E-state index contributed by atoms with van der Waals surface area (Å²) in [5.74, 6) is 3.47. The molecule has 0 unspecified atom stereocenters. The fourth-order valence-corrected chi connectivity index (χ4v) is 5.21. The zero-order valence-corrected chi connectivity index (χ0v) is 17.9. The SMILES string of the molecule is COc1ccccc1O[C@@H]1C[C@@H]2CN(c3nc(C)nc4c3CCNC4=O)C[C@@H]2C[C@H]1O. The maximum Gasteiger partial charge on any atom is 0.270 e. The highest BCUT2D eigenvalue weighted by molar-refractivity contribution is 5.96. The Labute approximate surface area is 181 Å². The van der Waals surface area contributed by atoms with Crippen LogP contribution in [-0.4, -0.2) is 59.9 Å². The van der Waals surface area contributed by atoms with Gasteiger partial charge in [0, 0.05) is 25.2 Å². The zero-order valence-electron chi connectivity index (χ0n) is 17.9. The number of aliphatic hydroxyl groups excluding tert-OH is 1. The fourth-order valence-electron chi connectivity index (χ4n) is 5.21. The molecule has 31 heavy (non-hydrogen) atoms. The Bertz CT molecular complexity index is 998. The number of rotatable bonds is 4. The van der Waals surface area contributed by atoms with E-state index in [0.717, 1.165) is 37.3 Å². The molecule has 0 spiro atoms. The number of anilines is 1. The molecule has 164 valence electrons. The lowest BCUT2D eigenvalue weighted by molar-refractivity contribution is -0.0240. The number of carbonyl (C=O) groups excluding carboxylic acids is 1. The lowest BCUT2D eigenvalue weighted by Crippen LogP contribution is -2.42. The van der Waals surface area contributed by atoms with Crippen molar-refractivity contribution in [3.63, 3.8) is 0 Å². The average molecular weight is 425 g/mol. The fraction of sp³-hybridized carbons (Fsp3) is 0.522. The number of hydrogen-bond acceptors (Lipinski definition) is 7. The quantitative estimate of drug-likeness (QED) is 0.772. The maximum absolute atomic E-state index is 12.3. The first-order chi connectivity index (χ1) is 15.0. The smallest absolute Gasteiger partial charge is 0.270 e. The molecular formula is C23H28N4O4. The number of nitrogens with one attached hydrogen (secondary N) is 1. The van der Waals surface area contributed by atoms with Gasteiger partial charge < -0.3 is 24.8 Å². The number of nitrogens with zero attached hydrogens (tertiary/aromatic N) is 3. The Morgan fingerprint density at radius 2 is 1.87 bits per heavy atom. The van der Waals surface area contributed by atoms with E-state index < -0.39 is 6.10 Å². The van der Waals surface area contributed by atoms with Gasteiger partial charge in [-0.15, -0.1) is 0 Å². The van der Waals surface area contributed by atoms with E-state index in [1.807, 2.05) is 31.2 Å². The molecule has 1 aromatic carbocycles. The number of ether oxygens (including phenoxy) is 2. The number of fused-ring (bicyclic) bond motifs is 2. The normalized spacial score (nSPS) is 27.3. The van der Waals surface area contributed by atoms with Crippen LogP contribution >= 0.6 is 0 Å². The molecule has 4 atom stereocenters. The molecule has 1 amide bonds. The van der Waals surface area contributed by atoms with Crippen molar-refractivity contribution in [2.45, 2.75) is 38.4 Å². The summed E-state index contributed by atoms with van der Waals surface area (Å²) in [5.41, 5.74) is 1.44. The predicted molar refractivity (Wildman–Crippen MR) is 115 cm³/mol. The van der Waals surface area contributed by atoms with E-state index in [1.165, 1.54) is 0 Å². The second kappa shape index (κ2) is 8.00. The number of hydrogen-bond donors (Lipinski definition) is 2. The summed E-state index contributed by atoms with van der Waals surface area (Å²) >= 11 is 0. The minimum absolute atomic E-state index is 0.120. The van der Waals surface area contributed by atoms with Gasteiger partial charge in [-0.2, -0.15) is 0 Å². The van der Waals surface area contributed by atoms with Gasteiger partial charge in [0.2, 0.25) is 0 Å². The number of methoxy groups -OCH3 is 1. The summed E-state index contributed by atoms with van der Waals surface area (Å²) in [6.07, 6.45) is 1.40. The third-order valence-electron chi connectivity index (χ3n) is 6.70. The van der Waals surface area contributed by atoms with Crippen LogP contribution in [0, 0.1) is 18.8 Å². The van der Waals surface area contributed by atoms with E-state index in [0.29, 0.717) is 47.8 Å². The molecular weight excluding hydrogens is 396 g/mol. The molecule has 8 heteroatoms. The van der Waals surface area contributed by atoms with Crippen LogP contribution < -0.4 is 19.7 Å². The number of benzene rings is 1. The van der Waals surface area contributed by atoms with Gasteiger partial charge in [-0.3, -0.25) is 4.79 Å². The number of amides is 1. The molecule has 3 heterocycles. The largest absolute Gasteiger partial charge is 0.493 e. The molecule has 8 nitrogen and oxygen atoms in total. The second-order valence-electron chi connectivity index (χ2n) is 8.70. The Morgan fingerprint density at radius 1 is 1.13 bits per heavy atom. The van der Waals surface area contributed by atoms with E-state index in [9.17, 15) is 9.90 Å². The summed E-state index contributed by atoms with van der Waals surface area (Å²) < 4.78 is 11.6. The van der Waals surface area contributed by atoms with E-state index in [2.05, 4.69) is 15.2 Å². The number of aryl methyl sites for hydroxylation is 1. The Kier molecular flexibility index (Phi) is 5.17. The van der Waals surface area contributed by atoms with Crippen molar-refractivity contribution in [1.29, 1.82) is 0 Å². The molecule has 2 N–H and O–H groups in total.